The third-order valence-corrected chi connectivity index (χ3v) is 10.5. The van der Waals surface area contributed by atoms with Crippen LogP contribution in [0.2, 0.25) is 0 Å². The minimum Gasteiger partial charge on any atom is -0.469 e. The minimum atomic E-state index is -0.554. The normalized spacial score (nSPS) is 52.6. The summed E-state index contributed by atoms with van der Waals surface area (Å²) in [5, 5.41) is 44.4. The topological polar surface area (TPSA) is 107 Å². The van der Waals surface area contributed by atoms with Crippen molar-refractivity contribution < 1.29 is 30.0 Å². The Morgan fingerprint density at radius 1 is 1.06 bits per heavy atom. The maximum absolute atomic E-state index is 11.7. The summed E-state index contributed by atoms with van der Waals surface area (Å²) in [5.41, 5.74) is -0.492. The first-order valence-electron chi connectivity index (χ1n) is 12.3. The van der Waals surface area contributed by atoms with Crippen molar-refractivity contribution in [1.29, 1.82) is 0 Å². The lowest BCUT2D eigenvalue weighted by Gasteiger charge is -2.63. The fourth-order valence-corrected chi connectivity index (χ4v) is 8.77. The molecule has 4 N–H and O–H groups in total. The Kier molecular flexibility index (Phi) is 6.26. The molecule has 0 saturated heterocycles. The largest absolute Gasteiger partial charge is 0.469 e. The Labute approximate surface area is 186 Å². The molecule has 4 aliphatic rings. The van der Waals surface area contributed by atoms with Gasteiger partial charge in [-0.05, 0) is 85.9 Å². The zero-order valence-electron chi connectivity index (χ0n) is 19.5. The van der Waals surface area contributed by atoms with Crippen LogP contribution in [0.25, 0.3) is 0 Å². The summed E-state index contributed by atoms with van der Waals surface area (Å²) in [6.45, 7) is 6.52. The fourth-order valence-electron chi connectivity index (χ4n) is 8.77. The summed E-state index contributed by atoms with van der Waals surface area (Å²) in [6.07, 6.45) is 3.46. The molecule has 0 aromatic rings. The van der Waals surface area contributed by atoms with E-state index in [1.165, 1.54) is 7.11 Å². The summed E-state index contributed by atoms with van der Waals surface area (Å²) in [5.74, 6) is 0.280. The average molecular weight is 439 g/mol. The predicted octanol–water partition coefficient (Wildman–Crippen LogP) is 2.51. The van der Waals surface area contributed by atoms with E-state index in [2.05, 4.69) is 20.8 Å². The number of fused-ring (bicyclic) bond motifs is 5. The fraction of sp³-hybridized carbons (Fsp3) is 0.960. The van der Waals surface area contributed by atoms with Crippen molar-refractivity contribution in [1.82, 2.24) is 0 Å². The Bertz CT molecular complexity index is 683. The monoisotopic (exact) mass is 438 g/mol. The van der Waals surface area contributed by atoms with E-state index in [0.29, 0.717) is 32.1 Å². The van der Waals surface area contributed by atoms with Crippen molar-refractivity contribution in [3.63, 3.8) is 0 Å². The average Bonchev–Trinajstić information content (AvgIpc) is 3.00. The van der Waals surface area contributed by atoms with Gasteiger partial charge in [0.1, 0.15) is 0 Å². The van der Waals surface area contributed by atoms with Crippen molar-refractivity contribution in [2.45, 2.75) is 96.6 Å². The molecule has 4 aliphatic carbocycles. The van der Waals surface area contributed by atoms with Crippen LogP contribution >= 0.6 is 0 Å². The molecule has 0 spiro atoms. The summed E-state index contributed by atoms with van der Waals surface area (Å²) in [7, 11) is 1.40. The van der Waals surface area contributed by atoms with E-state index in [4.69, 9.17) is 4.74 Å². The van der Waals surface area contributed by atoms with Gasteiger partial charge >= 0.3 is 5.97 Å². The predicted molar refractivity (Wildman–Crippen MR) is 116 cm³/mol. The van der Waals surface area contributed by atoms with Crippen LogP contribution in [-0.4, -0.2) is 57.9 Å². The van der Waals surface area contributed by atoms with Crippen LogP contribution in [0, 0.1) is 46.3 Å². The molecule has 31 heavy (non-hydrogen) atoms. The Morgan fingerprint density at radius 3 is 2.45 bits per heavy atom. The lowest BCUT2D eigenvalue weighted by Crippen LogP contribution is -2.63. The molecule has 4 rings (SSSR count). The number of rotatable bonds is 4. The maximum atomic E-state index is 11.7. The van der Waals surface area contributed by atoms with Crippen molar-refractivity contribution in [3.05, 3.63) is 0 Å². The number of ether oxygens (including phenoxy) is 1. The quantitative estimate of drug-likeness (QED) is 0.503. The van der Waals surface area contributed by atoms with E-state index in [1.54, 1.807) is 0 Å². The van der Waals surface area contributed by atoms with Gasteiger partial charge in [-0.3, -0.25) is 4.79 Å². The number of carbonyl (C=O) groups excluding carboxylic acids is 1. The first-order chi connectivity index (χ1) is 14.5. The van der Waals surface area contributed by atoms with Gasteiger partial charge in [0.2, 0.25) is 0 Å². The third-order valence-electron chi connectivity index (χ3n) is 10.5. The standard InChI is InChI=1S/C25H42O6/c1-13(5-6-21(30)31-4)16-11-19(28)23-22-17(12-20(29)25(16,23)3)24(2)8-7-15(26)9-14(24)10-18(22)27/h13-20,22-23,26-29H,5-12H2,1-4H3/t13-,14+,15-,16-,17+,18-,19-,20+,22+,23+,24+,25+/m1/s1. The smallest absolute Gasteiger partial charge is 0.305 e. The summed E-state index contributed by atoms with van der Waals surface area (Å²) < 4.78 is 4.80. The van der Waals surface area contributed by atoms with E-state index in [0.717, 1.165) is 19.3 Å². The van der Waals surface area contributed by atoms with Crippen LogP contribution < -0.4 is 0 Å². The van der Waals surface area contributed by atoms with Gasteiger partial charge in [0, 0.05) is 11.8 Å². The molecule has 4 saturated carbocycles. The number of methoxy groups -OCH3 is 1. The SMILES string of the molecule is COC(=O)CC[C@@H](C)[C@H]1C[C@@H](O)[C@H]2[C@@H]3[C@H](O)C[C@@H]4C[C@H](O)CC[C@]4(C)[C@H]3C[C@H](O)[C@@]21C. The number of esters is 1. The first-order valence-corrected chi connectivity index (χ1v) is 12.3. The number of aliphatic hydroxyl groups excluding tert-OH is 4. The molecule has 178 valence electrons. The van der Waals surface area contributed by atoms with Crippen LogP contribution in [0.5, 0.6) is 0 Å². The summed E-state index contributed by atoms with van der Waals surface area (Å²) >= 11 is 0. The van der Waals surface area contributed by atoms with Crippen molar-refractivity contribution in [3.8, 4) is 0 Å². The van der Waals surface area contributed by atoms with Crippen LogP contribution in [-0.2, 0) is 9.53 Å². The lowest BCUT2D eigenvalue weighted by atomic mass is 9.43. The third kappa shape index (κ3) is 3.56. The Hall–Kier alpha value is -0.690. The highest BCUT2D eigenvalue weighted by molar-refractivity contribution is 5.69. The molecule has 0 aromatic heterocycles. The molecule has 12 atom stereocenters. The molecule has 6 heteroatoms. The van der Waals surface area contributed by atoms with E-state index in [1.807, 2.05) is 0 Å². The number of hydrogen-bond acceptors (Lipinski definition) is 6. The van der Waals surface area contributed by atoms with Crippen LogP contribution in [0.4, 0.5) is 0 Å². The Balaban J connectivity index is 1.62. The van der Waals surface area contributed by atoms with E-state index >= 15 is 0 Å². The van der Waals surface area contributed by atoms with E-state index in [9.17, 15) is 25.2 Å². The highest BCUT2D eigenvalue weighted by Gasteiger charge is 2.68. The van der Waals surface area contributed by atoms with Crippen molar-refractivity contribution >= 4 is 5.97 Å². The highest BCUT2D eigenvalue weighted by atomic mass is 16.5. The second-order valence-electron chi connectivity index (χ2n) is 11.8. The van der Waals surface area contributed by atoms with Crippen LogP contribution in [0.3, 0.4) is 0 Å². The van der Waals surface area contributed by atoms with Crippen LogP contribution in [0.1, 0.15) is 72.1 Å². The first kappa shape index (κ1) is 23.5. The van der Waals surface area contributed by atoms with Gasteiger partial charge in [-0.15, -0.1) is 0 Å². The number of aliphatic hydroxyl groups is 4. The maximum Gasteiger partial charge on any atom is 0.305 e. The molecule has 0 radical (unpaired) electrons. The number of hydrogen-bond donors (Lipinski definition) is 4. The minimum absolute atomic E-state index is 0.0141. The van der Waals surface area contributed by atoms with Gasteiger partial charge in [-0.25, -0.2) is 0 Å². The van der Waals surface area contributed by atoms with E-state index < -0.39 is 23.7 Å². The molecule has 0 heterocycles. The van der Waals surface area contributed by atoms with Gasteiger partial charge in [0.15, 0.2) is 0 Å². The highest BCUT2D eigenvalue weighted by Crippen LogP contribution is 2.68. The van der Waals surface area contributed by atoms with Gasteiger partial charge in [-0.1, -0.05) is 20.8 Å². The van der Waals surface area contributed by atoms with Crippen LogP contribution in [0.15, 0.2) is 0 Å². The molecule has 0 bridgehead atoms. The Morgan fingerprint density at radius 2 is 1.77 bits per heavy atom. The van der Waals surface area contributed by atoms with Gasteiger partial charge in [0.25, 0.3) is 0 Å². The molecule has 0 aliphatic heterocycles. The van der Waals surface area contributed by atoms with Crippen molar-refractivity contribution in [2.75, 3.05) is 7.11 Å². The molecule has 0 amide bonds. The molecular formula is C25H42O6. The summed E-state index contributed by atoms with van der Waals surface area (Å²) in [6, 6.07) is 0. The molecule has 0 unspecified atom stereocenters. The molecular weight excluding hydrogens is 396 g/mol. The van der Waals surface area contributed by atoms with Gasteiger partial charge in [-0.2, -0.15) is 0 Å². The summed E-state index contributed by atoms with van der Waals surface area (Å²) in [4.78, 5) is 11.7. The second-order valence-corrected chi connectivity index (χ2v) is 11.8. The lowest BCUT2D eigenvalue weighted by molar-refractivity contribution is -0.217. The molecule has 4 fully saturated rings. The molecule has 6 nitrogen and oxygen atoms in total. The van der Waals surface area contributed by atoms with E-state index in [-0.39, 0.29) is 53.0 Å². The number of carbonyl (C=O) groups is 1. The second kappa shape index (κ2) is 8.27. The molecule has 0 aromatic carbocycles. The van der Waals surface area contributed by atoms with Crippen molar-refractivity contribution in [2.24, 2.45) is 46.3 Å². The van der Waals surface area contributed by atoms with Gasteiger partial charge < -0.3 is 25.2 Å². The zero-order chi connectivity index (χ0) is 22.7. The zero-order valence-corrected chi connectivity index (χ0v) is 19.5. The van der Waals surface area contributed by atoms with Gasteiger partial charge in [0.05, 0.1) is 31.5 Å².